The molecule has 1 aromatic carbocycles. The third-order valence-electron chi connectivity index (χ3n) is 4.03. The summed E-state index contributed by atoms with van der Waals surface area (Å²) in [5.74, 6) is 0.306. The summed E-state index contributed by atoms with van der Waals surface area (Å²) in [5, 5.41) is 0. The van der Waals surface area contributed by atoms with Crippen molar-refractivity contribution >= 4 is 10.0 Å². The Labute approximate surface area is 128 Å². The van der Waals surface area contributed by atoms with Crippen molar-refractivity contribution < 1.29 is 21.6 Å². The van der Waals surface area contributed by atoms with Gasteiger partial charge in [0.05, 0.1) is 10.5 Å². The number of alkyl halides is 3. The monoisotopic (exact) mass is 336 g/mol. The Morgan fingerprint density at radius 1 is 1.27 bits per heavy atom. The summed E-state index contributed by atoms with van der Waals surface area (Å²) in [4.78, 5) is -0.0632. The minimum absolute atomic E-state index is 0.0632. The van der Waals surface area contributed by atoms with E-state index in [1.807, 2.05) is 0 Å². The molecule has 0 amide bonds. The third-order valence-corrected chi connectivity index (χ3v) is 6.09. The summed E-state index contributed by atoms with van der Waals surface area (Å²) in [7, 11) is -3.76. The number of nitrogens with two attached hydrogens (primary N) is 1. The minimum Gasteiger partial charge on any atom is -0.330 e. The molecular formula is C14H19F3N2O2S. The maximum Gasteiger partial charge on any atom is 0.416 e. The molecule has 8 heteroatoms. The van der Waals surface area contributed by atoms with Crippen molar-refractivity contribution in [3.05, 3.63) is 29.3 Å². The highest BCUT2D eigenvalue weighted by molar-refractivity contribution is 7.89. The zero-order chi connectivity index (χ0) is 16.5. The molecule has 0 unspecified atom stereocenters. The molecule has 1 saturated heterocycles. The fraction of sp³-hybridized carbons (Fsp3) is 0.571. The number of halogens is 3. The van der Waals surface area contributed by atoms with Crippen LogP contribution in [0.5, 0.6) is 0 Å². The molecule has 0 spiro atoms. The van der Waals surface area contributed by atoms with E-state index in [9.17, 15) is 21.6 Å². The van der Waals surface area contributed by atoms with E-state index in [1.165, 1.54) is 11.2 Å². The van der Waals surface area contributed by atoms with Gasteiger partial charge in [-0.15, -0.1) is 0 Å². The first-order valence-electron chi connectivity index (χ1n) is 7.04. The molecule has 0 aromatic heterocycles. The molecule has 1 aromatic rings. The second kappa shape index (κ2) is 6.17. The first kappa shape index (κ1) is 17.2. The van der Waals surface area contributed by atoms with Crippen LogP contribution in [0.25, 0.3) is 0 Å². The highest BCUT2D eigenvalue weighted by Crippen LogP contribution is 2.32. The molecule has 1 heterocycles. The summed E-state index contributed by atoms with van der Waals surface area (Å²) in [6.45, 7) is 2.61. The standard InChI is InChI=1S/C14H19F3N2O2S/c1-10-8-12(14(15,16)17)2-3-13(10)22(20,21)19-6-4-11(9-18)5-7-19/h2-3,8,11H,4-7,9,18H2,1H3. The van der Waals surface area contributed by atoms with E-state index in [2.05, 4.69) is 0 Å². The van der Waals surface area contributed by atoms with E-state index in [4.69, 9.17) is 5.73 Å². The van der Waals surface area contributed by atoms with E-state index < -0.39 is 21.8 Å². The summed E-state index contributed by atoms with van der Waals surface area (Å²) < 4.78 is 64.5. The normalized spacial score (nSPS) is 18.6. The van der Waals surface area contributed by atoms with Crippen molar-refractivity contribution in [1.29, 1.82) is 0 Å². The van der Waals surface area contributed by atoms with Crippen LogP contribution in [-0.2, 0) is 16.2 Å². The van der Waals surface area contributed by atoms with Crippen molar-refractivity contribution in [1.82, 2.24) is 4.31 Å². The van der Waals surface area contributed by atoms with Crippen molar-refractivity contribution in [3.63, 3.8) is 0 Å². The maximum absolute atomic E-state index is 12.7. The van der Waals surface area contributed by atoms with E-state index >= 15 is 0 Å². The molecule has 0 bridgehead atoms. The third kappa shape index (κ3) is 3.44. The van der Waals surface area contributed by atoms with Crippen molar-refractivity contribution in [2.45, 2.75) is 30.8 Å². The predicted octanol–water partition coefficient (Wildman–Crippen LogP) is 2.37. The number of aryl methyl sites for hydroxylation is 1. The molecule has 124 valence electrons. The van der Waals surface area contributed by atoms with E-state index in [0.29, 0.717) is 38.4 Å². The van der Waals surface area contributed by atoms with Crippen molar-refractivity contribution in [2.24, 2.45) is 11.7 Å². The Hall–Kier alpha value is -1.12. The van der Waals surface area contributed by atoms with Crippen molar-refractivity contribution in [2.75, 3.05) is 19.6 Å². The zero-order valence-electron chi connectivity index (χ0n) is 12.2. The molecule has 4 nitrogen and oxygen atoms in total. The minimum atomic E-state index is -4.48. The maximum atomic E-state index is 12.7. The Balaban J connectivity index is 2.27. The summed E-state index contributed by atoms with van der Waals surface area (Å²) >= 11 is 0. The smallest absolute Gasteiger partial charge is 0.330 e. The van der Waals surface area contributed by atoms with E-state index in [1.54, 1.807) is 0 Å². The van der Waals surface area contributed by atoms with Crippen LogP contribution in [0.2, 0.25) is 0 Å². The number of hydrogen-bond donors (Lipinski definition) is 1. The van der Waals surface area contributed by atoms with Crippen LogP contribution in [0.3, 0.4) is 0 Å². The number of piperidine rings is 1. The Bertz CT molecular complexity index is 636. The van der Waals surface area contributed by atoms with E-state index in [-0.39, 0.29) is 10.5 Å². The SMILES string of the molecule is Cc1cc(C(F)(F)F)ccc1S(=O)(=O)N1CCC(CN)CC1. The van der Waals surface area contributed by atoms with Gasteiger partial charge in [0.1, 0.15) is 0 Å². The fourth-order valence-corrected chi connectivity index (χ4v) is 4.32. The number of nitrogens with zero attached hydrogens (tertiary/aromatic N) is 1. The Kier molecular flexibility index (Phi) is 4.84. The Morgan fingerprint density at radius 2 is 1.86 bits per heavy atom. The molecular weight excluding hydrogens is 317 g/mol. The van der Waals surface area contributed by atoms with Gasteiger partial charge in [-0.25, -0.2) is 8.42 Å². The Morgan fingerprint density at radius 3 is 2.32 bits per heavy atom. The molecule has 0 radical (unpaired) electrons. The highest BCUT2D eigenvalue weighted by Gasteiger charge is 2.34. The molecule has 1 aliphatic rings. The lowest BCUT2D eigenvalue weighted by Crippen LogP contribution is -2.40. The van der Waals surface area contributed by atoms with Crippen LogP contribution in [-0.4, -0.2) is 32.4 Å². The molecule has 0 atom stereocenters. The molecule has 0 saturated carbocycles. The van der Waals surface area contributed by atoms with Crippen LogP contribution in [0, 0.1) is 12.8 Å². The van der Waals surface area contributed by atoms with Gasteiger partial charge in [-0.05, 0) is 56.0 Å². The summed E-state index contributed by atoms with van der Waals surface area (Å²) in [5.41, 5.74) is 4.84. The zero-order valence-corrected chi connectivity index (χ0v) is 13.0. The average Bonchev–Trinajstić information content (AvgIpc) is 2.46. The largest absolute Gasteiger partial charge is 0.416 e. The number of hydrogen-bond acceptors (Lipinski definition) is 3. The molecule has 2 N–H and O–H groups in total. The van der Waals surface area contributed by atoms with Crippen LogP contribution >= 0.6 is 0 Å². The van der Waals surface area contributed by atoms with Crippen molar-refractivity contribution in [3.8, 4) is 0 Å². The second-order valence-electron chi connectivity index (χ2n) is 5.56. The molecule has 2 rings (SSSR count). The van der Waals surface area contributed by atoms with Gasteiger partial charge in [-0.2, -0.15) is 17.5 Å². The van der Waals surface area contributed by atoms with Gasteiger partial charge < -0.3 is 5.73 Å². The highest BCUT2D eigenvalue weighted by atomic mass is 32.2. The quantitative estimate of drug-likeness (QED) is 0.922. The van der Waals surface area contributed by atoms with Crippen LogP contribution in [0.1, 0.15) is 24.0 Å². The lowest BCUT2D eigenvalue weighted by molar-refractivity contribution is -0.137. The van der Waals surface area contributed by atoms with Gasteiger partial charge in [-0.3, -0.25) is 0 Å². The summed E-state index contributed by atoms with van der Waals surface area (Å²) in [6, 6.07) is 2.73. The lowest BCUT2D eigenvalue weighted by Gasteiger charge is -2.31. The molecule has 22 heavy (non-hydrogen) atoms. The van der Waals surface area contributed by atoms with E-state index in [0.717, 1.165) is 18.2 Å². The van der Waals surface area contributed by atoms with Gasteiger partial charge in [0.25, 0.3) is 0 Å². The fourth-order valence-electron chi connectivity index (χ4n) is 2.64. The second-order valence-corrected chi connectivity index (χ2v) is 7.47. The molecule has 1 aliphatic heterocycles. The first-order valence-corrected chi connectivity index (χ1v) is 8.48. The predicted molar refractivity (Wildman–Crippen MR) is 76.7 cm³/mol. The average molecular weight is 336 g/mol. The topological polar surface area (TPSA) is 63.4 Å². The number of rotatable bonds is 3. The molecule has 1 fully saturated rings. The van der Waals surface area contributed by atoms with Gasteiger partial charge in [-0.1, -0.05) is 0 Å². The van der Waals surface area contributed by atoms with Crippen LogP contribution in [0.4, 0.5) is 13.2 Å². The number of benzene rings is 1. The number of sulfonamides is 1. The van der Waals surface area contributed by atoms with Gasteiger partial charge in [0, 0.05) is 13.1 Å². The summed E-state index contributed by atoms with van der Waals surface area (Å²) in [6.07, 6.45) is -3.13. The lowest BCUT2D eigenvalue weighted by atomic mass is 9.99. The van der Waals surface area contributed by atoms with Crippen LogP contribution in [0.15, 0.2) is 23.1 Å². The molecule has 0 aliphatic carbocycles. The van der Waals surface area contributed by atoms with Crippen LogP contribution < -0.4 is 5.73 Å². The first-order chi connectivity index (χ1) is 10.2. The van der Waals surface area contributed by atoms with Gasteiger partial charge >= 0.3 is 6.18 Å². The van der Waals surface area contributed by atoms with Gasteiger partial charge in [0.15, 0.2) is 0 Å². The van der Waals surface area contributed by atoms with Gasteiger partial charge in [0.2, 0.25) is 10.0 Å².